The highest BCUT2D eigenvalue weighted by atomic mass is 35.5. The van der Waals surface area contributed by atoms with E-state index in [1.807, 2.05) is 18.2 Å². The Balaban J connectivity index is 2.00. The molecule has 2 rings (SSSR count). The summed E-state index contributed by atoms with van der Waals surface area (Å²) in [6.45, 7) is 0.370. The zero-order chi connectivity index (χ0) is 19.8. The van der Waals surface area contributed by atoms with Crippen LogP contribution in [0.5, 0.6) is 11.5 Å². The van der Waals surface area contributed by atoms with Gasteiger partial charge in [0, 0.05) is 6.54 Å². The minimum absolute atomic E-state index is 0.0132. The molecule has 5 nitrogen and oxygen atoms in total. The van der Waals surface area contributed by atoms with Crippen molar-refractivity contribution in [2.24, 2.45) is 0 Å². The van der Waals surface area contributed by atoms with Gasteiger partial charge in [-0.15, -0.1) is 0 Å². The van der Waals surface area contributed by atoms with Crippen LogP contribution in [0.25, 0.3) is 6.08 Å². The summed E-state index contributed by atoms with van der Waals surface area (Å²) >= 11 is 11.8. The molecule has 0 heterocycles. The van der Waals surface area contributed by atoms with E-state index in [1.165, 1.54) is 6.08 Å². The lowest BCUT2D eigenvalue weighted by molar-refractivity contribution is -0.117. The zero-order valence-electron chi connectivity index (χ0n) is 14.9. The van der Waals surface area contributed by atoms with E-state index in [2.05, 4.69) is 5.32 Å². The van der Waals surface area contributed by atoms with Crippen LogP contribution in [-0.2, 0) is 11.2 Å². The fraction of sp³-hybridized carbons (Fsp3) is 0.200. The number of carbonyl (C=O) groups excluding carboxylic acids is 1. The number of rotatable bonds is 7. The van der Waals surface area contributed by atoms with Crippen LogP contribution in [0, 0.1) is 11.3 Å². The SMILES string of the molecule is COc1ccc(CCNC(=O)/C(C#N)=C/c2ccc(Cl)c(Cl)c2)cc1OC. The number of halogens is 2. The maximum atomic E-state index is 12.2. The van der Waals surface area contributed by atoms with Gasteiger partial charge in [-0.1, -0.05) is 35.3 Å². The monoisotopic (exact) mass is 404 g/mol. The highest BCUT2D eigenvalue weighted by molar-refractivity contribution is 6.42. The normalized spacial score (nSPS) is 10.9. The quantitative estimate of drug-likeness (QED) is 0.552. The molecule has 0 aromatic heterocycles. The van der Waals surface area contributed by atoms with E-state index in [0.717, 1.165) is 5.56 Å². The first-order valence-corrected chi connectivity index (χ1v) is 8.80. The van der Waals surface area contributed by atoms with E-state index in [1.54, 1.807) is 38.5 Å². The number of benzene rings is 2. The molecule has 7 heteroatoms. The van der Waals surface area contributed by atoms with Crippen molar-refractivity contribution in [2.75, 3.05) is 20.8 Å². The molecule has 0 bridgehead atoms. The number of carbonyl (C=O) groups is 1. The molecule has 27 heavy (non-hydrogen) atoms. The maximum absolute atomic E-state index is 12.2. The van der Waals surface area contributed by atoms with Gasteiger partial charge in [0.05, 0.1) is 24.3 Å². The van der Waals surface area contributed by atoms with Gasteiger partial charge >= 0.3 is 0 Å². The summed E-state index contributed by atoms with van der Waals surface area (Å²) in [4.78, 5) is 12.2. The van der Waals surface area contributed by atoms with Crippen LogP contribution >= 0.6 is 23.2 Å². The highest BCUT2D eigenvalue weighted by Gasteiger charge is 2.10. The highest BCUT2D eigenvalue weighted by Crippen LogP contribution is 2.27. The average molecular weight is 405 g/mol. The van der Waals surface area contributed by atoms with Crippen LogP contribution in [0.1, 0.15) is 11.1 Å². The van der Waals surface area contributed by atoms with Crippen LogP contribution in [0.3, 0.4) is 0 Å². The number of amides is 1. The second-order valence-electron chi connectivity index (χ2n) is 5.54. The molecule has 0 atom stereocenters. The summed E-state index contributed by atoms with van der Waals surface area (Å²) in [6, 6.07) is 12.3. The number of hydrogen-bond acceptors (Lipinski definition) is 4. The Bertz CT molecular complexity index is 905. The van der Waals surface area contributed by atoms with Crippen molar-refractivity contribution in [2.45, 2.75) is 6.42 Å². The van der Waals surface area contributed by atoms with E-state index in [4.69, 9.17) is 32.7 Å². The van der Waals surface area contributed by atoms with Crippen LogP contribution in [0.2, 0.25) is 10.0 Å². The average Bonchev–Trinajstić information content (AvgIpc) is 2.68. The van der Waals surface area contributed by atoms with Crippen LogP contribution < -0.4 is 14.8 Å². The molecular weight excluding hydrogens is 387 g/mol. The third kappa shape index (κ3) is 5.65. The third-order valence-corrected chi connectivity index (χ3v) is 4.51. The predicted octanol–water partition coefficient (Wildman–Crippen LogP) is 4.28. The van der Waals surface area contributed by atoms with Crippen molar-refractivity contribution in [1.29, 1.82) is 5.26 Å². The number of hydrogen-bond donors (Lipinski definition) is 1. The maximum Gasteiger partial charge on any atom is 0.261 e. The Morgan fingerprint density at radius 3 is 2.48 bits per heavy atom. The lowest BCUT2D eigenvalue weighted by Crippen LogP contribution is -2.26. The Labute approximate surface area is 168 Å². The molecule has 1 N–H and O–H groups in total. The number of nitriles is 1. The smallest absolute Gasteiger partial charge is 0.261 e. The van der Waals surface area contributed by atoms with Gasteiger partial charge in [0.2, 0.25) is 0 Å². The molecule has 0 aliphatic rings. The molecule has 2 aromatic rings. The van der Waals surface area contributed by atoms with Crippen molar-refractivity contribution in [3.8, 4) is 17.6 Å². The molecule has 0 unspecified atom stereocenters. The molecule has 140 valence electrons. The van der Waals surface area contributed by atoms with Crippen LogP contribution in [0.4, 0.5) is 0 Å². The van der Waals surface area contributed by atoms with Crippen LogP contribution in [-0.4, -0.2) is 26.7 Å². The fourth-order valence-corrected chi connectivity index (χ4v) is 2.68. The second-order valence-corrected chi connectivity index (χ2v) is 6.35. The fourth-order valence-electron chi connectivity index (χ4n) is 2.37. The van der Waals surface area contributed by atoms with Gasteiger partial charge in [0.15, 0.2) is 11.5 Å². The lowest BCUT2D eigenvalue weighted by Gasteiger charge is -2.10. The Morgan fingerprint density at radius 1 is 1.11 bits per heavy atom. The lowest BCUT2D eigenvalue weighted by atomic mass is 10.1. The van der Waals surface area contributed by atoms with Gasteiger partial charge < -0.3 is 14.8 Å². The molecule has 0 spiro atoms. The van der Waals surface area contributed by atoms with E-state index in [9.17, 15) is 10.1 Å². The van der Waals surface area contributed by atoms with Crippen molar-refractivity contribution < 1.29 is 14.3 Å². The van der Waals surface area contributed by atoms with Gasteiger partial charge in [0.1, 0.15) is 11.6 Å². The molecule has 2 aromatic carbocycles. The molecule has 0 saturated heterocycles. The third-order valence-electron chi connectivity index (χ3n) is 3.77. The summed E-state index contributed by atoms with van der Waals surface area (Å²) in [5.74, 6) is 0.809. The van der Waals surface area contributed by atoms with Gasteiger partial charge in [0.25, 0.3) is 5.91 Å². The first-order valence-electron chi connectivity index (χ1n) is 8.04. The van der Waals surface area contributed by atoms with Crippen molar-refractivity contribution in [3.05, 3.63) is 63.1 Å². The minimum Gasteiger partial charge on any atom is -0.493 e. The van der Waals surface area contributed by atoms with E-state index < -0.39 is 5.91 Å². The van der Waals surface area contributed by atoms with Crippen molar-refractivity contribution >= 4 is 35.2 Å². The molecule has 1 amide bonds. The van der Waals surface area contributed by atoms with Gasteiger partial charge in [-0.3, -0.25) is 4.79 Å². The molecule has 0 fully saturated rings. The van der Waals surface area contributed by atoms with Crippen LogP contribution in [0.15, 0.2) is 42.0 Å². The largest absolute Gasteiger partial charge is 0.493 e. The second kappa shape index (κ2) is 9.86. The predicted molar refractivity (Wildman–Crippen MR) is 106 cm³/mol. The molecular formula is C20H18Cl2N2O3. The topological polar surface area (TPSA) is 71.3 Å². The standard InChI is InChI=1S/C20H18Cl2N2O3/c1-26-18-6-4-13(11-19(18)27-2)7-8-24-20(25)15(12-23)9-14-3-5-16(21)17(22)10-14/h3-6,9-11H,7-8H2,1-2H3,(H,24,25)/b15-9+. The van der Waals surface area contributed by atoms with E-state index in [0.29, 0.717) is 40.1 Å². The van der Waals surface area contributed by atoms with E-state index in [-0.39, 0.29) is 5.57 Å². The molecule has 0 aliphatic heterocycles. The summed E-state index contributed by atoms with van der Waals surface area (Å²) in [6.07, 6.45) is 2.05. The van der Waals surface area contributed by atoms with E-state index >= 15 is 0 Å². The molecule has 0 radical (unpaired) electrons. The van der Waals surface area contributed by atoms with Gasteiger partial charge in [-0.2, -0.15) is 5.26 Å². The Kier molecular flexibility index (Phi) is 7.54. The summed E-state index contributed by atoms with van der Waals surface area (Å²) in [5.41, 5.74) is 1.58. The Hall–Kier alpha value is -2.68. The number of nitrogens with zero attached hydrogens (tertiary/aromatic N) is 1. The molecule has 0 saturated carbocycles. The first-order chi connectivity index (χ1) is 13.0. The van der Waals surface area contributed by atoms with Crippen molar-refractivity contribution in [3.63, 3.8) is 0 Å². The number of ether oxygens (including phenoxy) is 2. The number of nitrogens with one attached hydrogen (secondary N) is 1. The van der Waals surface area contributed by atoms with Crippen molar-refractivity contribution in [1.82, 2.24) is 5.32 Å². The first kappa shape index (κ1) is 20.6. The molecule has 0 aliphatic carbocycles. The summed E-state index contributed by atoms with van der Waals surface area (Å²) in [5, 5.41) is 12.8. The summed E-state index contributed by atoms with van der Waals surface area (Å²) in [7, 11) is 3.14. The zero-order valence-corrected chi connectivity index (χ0v) is 16.4. The Morgan fingerprint density at radius 2 is 1.85 bits per heavy atom. The van der Waals surface area contributed by atoms with Gasteiger partial charge in [-0.25, -0.2) is 0 Å². The number of methoxy groups -OCH3 is 2. The summed E-state index contributed by atoms with van der Waals surface area (Å²) < 4.78 is 10.5. The van der Waals surface area contributed by atoms with Gasteiger partial charge in [-0.05, 0) is 47.9 Å². The minimum atomic E-state index is -0.455.